The standard InChI is InChI=1S/C18H16ClN3O2/c1-3-22-18(24)14-7-5-4-6-13(14)16(21-22)17(23)20-15-10-12(19)9-8-11(15)2/h4-10H,3H2,1-2H3,(H,20,23). The molecule has 1 amide bonds. The Morgan fingerprint density at radius 3 is 2.62 bits per heavy atom. The molecule has 5 nitrogen and oxygen atoms in total. The van der Waals surface area contributed by atoms with Gasteiger partial charge in [0.1, 0.15) is 0 Å². The Balaban J connectivity index is 2.11. The minimum Gasteiger partial charge on any atom is -0.320 e. The first kappa shape index (κ1) is 16.2. The minimum absolute atomic E-state index is 0.205. The van der Waals surface area contributed by atoms with Crippen LogP contribution in [0.3, 0.4) is 0 Å². The van der Waals surface area contributed by atoms with Gasteiger partial charge >= 0.3 is 0 Å². The Hall–Kier alpha value is -2.66. The zero-order chi connectivity index (χ0) is 17.3. The SMILES string of the molecule is CCn1nc(C(=O)Nc2cc(Cl)ccc2C)c2ccccc2c1=O. The first-order valence-corrected chi connectivity index (χ1v) is 7.96. The van der Waals surface area contributed by atoms with Crippen LogP contribution in [0.2, 0.25) is 5.02 Å². The van der Waals surface area contributed by atoms with E-state index in [1.165, 1.54) is 4.68 Å². The molecule has 3 rings (SSSR count). The zero-order valence-corrected chi connectivity index (χ0v) is 14.1. The summed E-state index contributed by atoms with van der Waals surface area (Å²) in [6.45, 7) is 4.08. The van der Waals surface area contributed by atoms with Crippen LogP contribution in [0.5, 0.6) is 0 Å². The third kappa shape index (κ3) is 2.90. The van der Waals surface area contributed by atoms with Crippen molar-refractivity contribution >= 4 is 34.0 Å². The third-order valence-electron chi connectivity index (χ3n) is 3.83. The van der Waals surface area contributed by atoms with E-state index >= 15 is 0 Å². The zero-order valence-electron chi connectivity index (χ0n) is 13.3. The van der Waals surface area contributed by atoms with Gasteiger partial charge in [-0.15, -0.1) is 0 Å². The maximum Gasteiger partial charge on any atom is 0.276 e. The van der Waals surface area contributed by atoms with Crippen molar-refractivity contribution in [2.24, 2.45) is 0 Å². The van der Waals surface area contributed by atoms with E-state index in [0.717, 1.165) is 5.56 Å². The number of benzene rings is 2. The average molecular weight is 342 g/mol. The molecular weight excluding hydrogens is 326 g/mol. The molecule has 122 valence electrons. The summed E-state index contributed by atoms with van der Waals surface area (Å²) in [6, 6.07) is 12.3. The molecule has 0 aliphatic carbocycles. The fourth-order valence-electron chi connectivity index (χ4n) is 2.53. The second-order valence-corrected chi connectivity index (χ2v) is 5.86. The highest BCUT2D eigenvalue weighted by atomic mass is 35.5. The monoisotopic (exact) mass is 341 g/mol. The molecule has 0 atom stereocenters. The number of halogens is 1. The van der Waals surface area contributed by atoms with Gasteiger partial charge < -0.3 is 5.32 Å². The van der Waals surface area contributed by atoms with E-state index in [2.05, 4.69) is 10.4 Å². The summed E-state index contributed by atoms with van der Waals surface area (Å²) >= 11 is 6.00. The normalized spacial score (nSPS) is 10.8. The van der Waals surface area contributed by atoms with Gasteiger partial charge in [0.2, 0.25) is 0 Å². The molecular formula is C18H16ClN3O2. The number of amides is 1. The topological polar surface area (TPSA) is 64.0 Å². The Kier molecular flexibility index (Phi) is 4.36. The van der Waals surface area contributed by atoms with Crippen LogP contribution in [0.4, 0.5) is 5.69 Å². The molecule has 0 aliphatic heterocycles. The number of hydrogen-bond donors (Lipinski definition) is 1. The molecule has 0 saturated carbocycles. The van der Waals surface area contributed by atoms with Crippen molar-refractivity contribution in [2.45, 2.75) is 20.4 Å². The number of hydrogen-bond acceptors (Lipinski definition) is 3. The summed E-state index contributed by atoms with van der Waals surface area (Å²) in [5.41, 5.74) is 1.52. The molecule has 0 fully saturated rings. The highest BCUT2D eigenvalue weighted by Gasteiger charge is 2.17. The number of carbonyl (C=O) groups is 1. The van der Waals surface area contributed by atoms with Crippen LogP contribution >= 0.6 is 11.6 Å². The van der Waals surface area contributed by atoms with Crippen LogP contribution in [0.15, 0.2) is 47.3 Å². The van der Waals surface area contributed by atoms with Gasteiger partial charge in [-0.1, -0.05) is 35.9 Å². The highest BCUT2D eigenvalue weighted by Crippen LogP contribution is 2.22. The molecule has 0 saturated heterocycles. The number of aryl methyl sites for hydroxylation is 2. The van der Waals surface area contributed by atoms with Crippen molar-refractivity contribution in [3.05, 3.63) is 69.1 Å². The van der Waals surface area contributed by atoms with E-state index in [1.54, 1.807) is 36.4 Å². The summed E-state index contributed by atoms with van der Waals surface area (Å²) in [7, 11) is 0. The van der Waals surface area contributed by atoms with Gasteiger partial charge in [0.15, 0.2) is 5.69 Å². The van der Waals surface area contributed by atoms with Gasteiger partial charge in [0.05, 0.1) is 5.39 Å². The van der Waals surface area contributed by atoms with Gasteiger partial charge in [-0.3, -0.25) is 9.59 Å². The summed E-state index contributed by atoms with van der Waals surface area (Å²) in [5.74, 6) is -0.376. The molecule has 1 heterocycles. The van der Waals surface area contributed by atoms with Gasteiger partial charge in [-0.2, -0.15) is 5.10 Å². The van der Waals surface area contributed by atoms with Crippen LogP contribution in [-0.4, -0.2) is 15.7 Å². The predicted octanol–water partition coefficient (Wildman–Crippen LogP) is 3.63. The Bertz CT molecular complexity index is 995. The van der Waals surface area contributed by atoms with Crippen molar-refractivity contribution in [1.82, 2.24) is 9.78 Å². The number of aromatic nitrogens is 2. The molecule has 6 heteroatoms. The van der Waals surface area contributed by atoms with Gasteiger partial charge in [0, 0.05) is 22.6 Å². The first-order valence-electron chi connectivity index (χ1n) is 7.58. The number of fused-ring (bicyclic) bond motifs is 1. The molecule has 0 spiro atoms. The molecule has 0 aliphatic rings. The molecule has 0 radical (unpaired) electrons. The van der Waals surface area contributed by atoms with Crippen molar-refractivity contribution in [2.75, 3.05) is 5.32 Å². The Morgan fingerprint density at radius 2 is 1.92 bits per heavy atom. The Labute approximate surface area is 143 Å². The fourth-order valence-corrected chi connectivity index (χ4v) is 2.70. The lowest BCUT2D eigenvalue weighted by atomic mass is 10.1. The highest BCUT2D eigenvalue weighted by molar-refractivity contribution is 6.31. The fraction of sp³-hybridized carbons (Fsp3) is 0.167. The van der Waals surface area contributed by atoms with Crippen LogP contribution in [0.25, 0.3) is 10.8 Å². The first-order chi connectivity index (χ1) is 11.5. The van der Waals surface area contributed by atoms with Crippen LogP contribution < -0.4 is 10.9 Å². The summed E-state index contributed by atoms with van der Waals surface area (Å²) in [6.07, 6.45) is 0. The molecule has 0 unspecified atom stereocenters. The van der Waals surface area contributed by atoms with Crippen LogP contribution in [0, 0.1) is 6.92 Å². The maximum atomic E-state index is 12.7. The van der Waals surface area contributed by atoms with Crippen molar-refractivity contribution in [3.63, 3.8) is 0 Å². The molecule has 2 aromatic carbocycles. The van der Waals surface area contributed by atoms with Crippen LogP contribution in [-0.2, 0) is 6.54 Å². The molecule has 3 aromatic rings. The lowest BCUT2D eigenvalue weighted by molar-refractivity contribution is 0.102. The average Bonchev–Trinajstić information content (AvgIpc) is 2.58. The van der Waals surface area contributed by atoms with Crippen molar-refractivity contribution < 1.29 is 4.79 Å². The second-order valence-electron chi connectivity index (χ2n) is 5.43. The van der Waals surface area contributed by atoms with E-state index in [0.29, 0.717) is 28.0 Å². The van der Waals surface area contributed by atoms with E-state index < -0.39 is 0 Å². The van der Waals surface area contributed by atoms with E-state index in [1.807, 2.05) is 19.9 Å². The van der Waals surface area contributed by atoms with Crippen LogP contribution in [0.1, 0.15) is 23.0 Å². The van der Waals surface area contributed by atoms with E-state index in [9.17, 15) is 9.59 Å². The second kappa shape index (κ2) is 6.45. The summed E-state index contributed by atoms with van der Waals surface area (Å²) < 4.78 is 1.29. The van der Waals surface area contributed by atoms with Crippen molar-refractivity contribution in [3.8, 4) is 0 Å². The quantitative estimate of drug-likeness (QED) is 0.791. The summed E-state index contributed by atoms with van der Waals surface area (Å²) in [4.78, 5) is 25.1. The summed E-state index contributed by atoms with van der Waals surface area (Å²) in [5, 5.41) is 8.60. The number of rotatable bonds is 3. The maximum absolute atomic E-state index is 12.7. The number of nitrogens with one attached hydrogen (secondary N) is 1. The van der Waals surface area contributed by atoms with Gasteiger partial charge in [0.25, 0.3) is 11.5 Å². The van der Waals surface area contributed by atoms with E-state index in [-0.39, 0.29) is 17.2 Å². The molecule has 0 bridgehead atoms. The van der Waals surface area contributed by atoms with Crippen molar-refractivity contribution in [1.29, 1.82) is 0 Å². The smallest absolute Gasteiger partial charge is 0.276 e. The number of carbonyl (C=O) groups excluding carboxylic acids is 1. The Morgan fingerprint density at radius 1 is 1.21 bits per heavy atom. The van der Waals surface area contributed by atoms with Gasteiger partial charge in [-0.05, 0) is 37.6 Å². The number of nitrogens with zero attached hydrogens (tertiary/aromatic N) is 2. The number of anilines is 1. The van der Waals surface area contributed by atoms with Gasteiger partial charge in [-0.25, -0.2) is 4.68 Å². The lowest BCUT2D eigenvalue weighted by Crippen LogP contribution is -2.27. The molecule has 1 N–H and O–H groups in total. The third-order valence-corrected chi connectivity index (χ3v) is 4.07. The lowest BCUT2D eigenvalue weighted by Gasteiger charge is -2.11. The minimum atomic E-state index is -0.376. The predicted molar refractivity (Wildman–Crippen MR) is 95.8 cm³/mol. The molecule has 24 heavy (non-hydrogen) atoms. The van der Waals surface area contributed by atoms with E-state index in [4.69, 9.17) is 11.6 Å². The largest absolute Gasteiger partial charge is 0.320 e. The molecule has 1 aromatic heterocycles.